The average molecular weight is 419 g/mol. The minimum atomic E-state index is -0.0912. The molecule has 31 heavy (non-hydrogen) atoms. The predicted molar refractivity (Wildman–Crippen MR) is 128 cm³/mol. The van der Waals surface area contributed by atoms with E-state index in [9.17, 15) is 4.79 Å². The Kier molecular flexibility index (Phi) is 8.01. The van der Waals surface area contributed by atoms with E-state index in [1.807, 2.05) is 67.6 Å². The summed E-state index contributed by atoms with van der Waals surface area (Å²) >= 11 is 0. The number of carbonyl (C=O) groups excluding carboxylic acids is 1. The van der Waals surface area contributed by atoms with Crippen LogP contribution in [0.15, 0.2) is 60.7 Å². The van der Waals surface area contributed by atoms with Crippen molar-refractivity contribution in [3.8, 4) is 16.9 Å². The van der Waals surface area contributed by atoms with E-state index in [-0.39, 0.29) is 11.9 Å². The molecule has 0 saturated carbocycles. The Morgan fingerprint density at radius 3 is 2.48 bits per heavy atom. The lowest BCUT2D eigenvalue weighted by atomic mass is 10.1. The summed E-state index contributed by atoms with van der Waals surface area (Å²) in [6.07, 6.45) is 2.02. The van der Waals surface area contributed by atoms with Gasteiger partial charge in [-0.15, -0.1) is 0 Å². The fourth-order valence-electron chi connectivity index (χ4n) is 3.78. The number of hydrogen-bond donors (Lipinski definition) is 1. The molecule has 1 amide bonds. The quantitative estimate of drug-likeness (QED) is 0.499. The summed E-state index contributed by atoms with van der Waals surface area (Å²) in [5, 5.41) is 7.95. The number of hydrogen-bond acceptors (Lipinski definition) is 3. The third-order valence-corrected chi connectivity index (χ3v) is 5.64. The summed E-state index contributed by atoms with van der Waals surface area (Å²) < 4.78 is 1.76. The fourth-order valence-corrected chi connectivity index (χ4v) is 3.78. The Labute approximate surface area is 186 Å². The number of aryl methyl sites for hydroxylation is 1. The van der Waals surface area contributed by atoms with Crippen molar-refractivity contribution >= 4 is 5.91 Å². The molecule has 0 saturated heterocycles. The first kappa shape index (κ1) is 22.8. The van der Waals surface area contributed by atoms with E-state index < -0.39 is 0 Å². The molecule has 3 aromatic rings. The second-order valence-electron chi connectivity index (χ2n) is 8.08. The van der Waals surface area contributed by atoms with Crippen LogP contribution in [0.5, 0.6) is 0 Å². The van der Waals surface area contributed by atoms with Gasteiger partial charge >= 0.3 is 0 Å². The molecule has 0 aliphatic carbocycles. The number of nitrogens with one attached hydrogen (secondary N) is 1. The summed E-state index contributed by atoms with van der Waals surface area (Å²) in [6.45, 7) is 11.7. The first-order valence-corrected chi connectivity index (χ1v) is 11.3. The molecule has 5 nitrogen and oxygen atoms in total. The third-order valence-electron chi connectivity index (χ3n) is 5.64. The molecule has 1 atom stereocenters. The van der Waals surface area contributed by atoms with Crippen LogP contribution in [0.3, 0.4) is 0 Å². The number of rotatable bonds is 10. The zero-order chi connectivity index (χ0) is 22.2. The van der Waals surface area contributed by atoms with Gasteiger partial charge in [0.25, 0.3) is 5.91 Å². The smallest absolute Gasteiger partial charge is 0.270 e. The van der Waals surface area contributed by atoms with Gasteiger partial charge in [-0.25, -0.2) is 4.68 Å². The molecule has 0 radical (unpaired) electrons. The summed E-state index contributed by atoms with van der Waals surface area (Å²) in [4.78, 5) is 15.6. The predicted octanol–water partition coefficient (Wildman–Crippen LogP) is 5.09. The van der Waals surface area contributed by atoms with Crippen molar-refractivity contribution < 1.29 is 4.79 Å². The normalized spacial score (nSPS) is 12.2. The molecule has 1 aromatic heterocycles. The molecule has 0 aliphatic heterocycles. The molecule has 0 unspecified atom stereocenters. The molecule has 0 fully saturated rings. The van der Waals surface area contributed by atoms with Gasteiger partial charge in [0.1, 0.15) is 5.69 Å². The lowest BCUT2D eigenvalue weighted by Crippen LogP contribution is -2.34. The van der Waals surface area contributed by atoms with Crippen LogP contribution in [0.25, 0.3) is 16.9 Å². The Morgan fingerprint density at radius 1 is 1.06 bits per heavy atom. The van der Waals surface area contributed by atoms with Crippen molar-refractivity contribution in [2.24, 2.45) is 0 Å². The highest BCUT2D eigenvalue weighted by Crippen LogP contribution is 2.22. The van der Waals surface area contributed by atoms with Crippen LogP contribution in [0, 0.1) is 6.92 Å². The van der Waals surface area contributed by atoms with Crippen LogP contribution in [0.2, 0.25) is 0 Å². The van der Waals surface area contributed by atoms with E-state index in [0.717, 1.165) is 55.0 Å². The van der Waals surface area contributed by atoms with E-state index in [2.05, 4.69) is 31.0 Å². The van der Waals surface area contributed by atoms with Gasteiger partial charge in [0.2, 0.25) is 0 Å². The highest BCUT2D eigenvalue weighted by atomic mass is 16.2. The van der Waals surface area contributed by atoms with Crippen molar-refractivity contribution in [3.63, 3.8) is 0 Å². The largest absolute Gasteiger partial charge is 0.348 e. The van der Waals surface area contributed by atoms with E-state index in [0.29, 0.717) is 5.69 Å². The van der Waals surface area contributed by atoms with Crippen molar-refractivity contribution in [1.29, 1.82) is 0 Å². The SMILES string of the molecule is CCN(CC)CCC[C@H](C)NC(=O)c1cc(-c2ccccc2)nn1-c1cccc(C)c1. The standard InChI is InChI=1S/C26H34N4O/c1-5-29(6-2)17-11-13-21(4)27-26(31)25-19-24(22-14-8-7-9-15-22)28-30(25)23-16-10-12-20(3)18-23/h7-10,12,14-16,18-19,21H,5-6,11,13,17H2,1-4H3,(H,27,31)/t21-/m0/s1. The summed E-state index contributed by atoms with van der Waals surface area (Å²) in [7, 11) is 0. The molecule has 0 bridgehead atoms. The topological polar surface area (TPSA) is 50.2 Å². The highest BCUT2D eigenvalue weighted by molar-refractivity contribution is 5.94. The van der Waals surface area contributed by atoms with Crippen LogP contribution in [-0.4, -0.2) is 46.3 Å². The zero-order valence-electron chi connectivity index (χ0n) is 19.1. The van der Waals surface area contributed by atoms with Gasteiger partial charge in [-0.3, -0.25) is 4.79 Å². The second-order valence-corrected chi connectivity index (χ2v) is 8.08. The molecule has 5 heteroatoms. The van der Waals surface area contributed by atoms with Crippen LogP contribution >= 0.6 is 0 Å². The molecular formula is C26H34N4O. The molecule has 0 aliphatic rings. The van der Waals surface area contributed by atoms with Gasteiger partial charge < -0.3 is 10.2 Å². The van der Waals surface area contributed by atoms with Crippen molar-refractivity contribution in [3.05, 3.63) is 71.9 Å². The summed E-state index contributed by atoms with van der Waals surface area (Å²) in [6, 6.07) is 20.0. The average Bonchev–Trinajstić information content (AvgIpc) is 3.23. The van der Waals surface area contributed by atoms with E-state index in [4.69, 9.17) is 5.10 Å². The number of carbonyl (C=O) groups is 1. The van der Waals surface area contributed by atoms with E-state index in [1.165, 1.54) is 0 Å². The molecule has 2 aromatic carbocycles. The lowest BCUT2D eigenvalue weighted by Gasteiger charge is -2.20. The van der Waals surface area contributed by atoms with Gasteiger partial charge in [0.15, 0.2) is 0 Å². The Hall–Kier alpha value is -2.92. The number of nitrogens with zero attached hydrogens (tertiary/aromatic N) is 3. The zero-order valence-corrected chi connectivity index (χ0v) is 19.1. The van der Waals surface area contributed by atoms with Crippen LogP contribution in [-0.2, 0) is 0 Å². The van der Waals surface area contributed by atoms with Gasteiger partial charge in [-0.05, 0) is 70.1 Å². The number of aromatic nitrogens is 2. The third kappa shape index (κ3) is 6.05. The first-order chi connectivity index (χ1) is 15.0. The van der Waals surface area contributed by atoms with Crippen molar-refractivity contribution in [2.75, 3.05) is 19.6 Å². The number of benzene rings is 2. The van der Waals surface area contributed by atoms with Gasteiger partial charge in [-0.2, -0.15) is 5.10 Å². The van der Waals surface area contributed by atoms with Crippen molar-refractivity contribution in [2.45, 2.75) is 46.6 Å². The van der Waals surface area contributed by atoms with Crippen LogP contribution in [0.1, 0.15) is 49.7 Å². The second kappa shape index (κ2) is 10.9. The van der Waals surface area contributed by atoms with Gasteiger partial charge in [0.05, 0.1) is 11.4 Å². The maximum absolute atomic E-state index is 13.2. The van der Waals surface area contributed by atoms with Crippen molar-refractivity contribution in [1.82, 2.24) is 20.0 Å². The van der Waals surface area contributed by atoms with E-state index in [1.54, 1.807) is 4.68 Å². The van der Waals surface area contributed by atoms with E-state index >= 15 is 0 Å². The summed E-state index contributed by atoms with van der Waals surface area (Å²) in [5.74, 6) is -0.0912. The lowest BCUT2D eigenvalue weighted by molar-refractivity contribution is 0.0929. The first-order valence-electron chi connectivity index (χ1n) is 11.3. The number of amides is 1. The van der Waals surface area contributed by atoms with Crippen LogP contribution in [0.4, 0.5) is 0 Å². The minimum absolute atomic E-state index is 0.0912. The highest BCUT2D eigenvalue weighted by Gasteiger charge is 2.19. The fraction of sp³-hybridized carbons (Fsp3) is 0.385. The maximum Gasteiger partial charge on any atom is 0.270 e. The molecule has 1 heterocycles. The molecule has 0 spiro atoms. The Balaban J connectivity index is 1.80. The van der Waals surface area contributed by atoms with Gasteiger partial charge in [0, 0.05) is 11.6 Å². The summed E-state index contributed by atoms with van der Waals surface area (Å²) in [5.41, 5.74) is 4.36. The molecule has 3 rings (SSSR count). The Morgan fingerprint density at radius 2 is 1.81 bits per heavy atom. The maximum atomic E-state index is 13.2. The molecule has 164 valence electrons. The monoisotopic (exact) mass is 418 g/mol. The molecular weight excluding hydrogens is 384 g/mol. The minimum Gasteiger partial charge on any atom is -0.348 e. The van der Waals surface area contributed by atoms with Gasteiger partial charge in [-0.1, -0.05) is 56.3 Å². The molecule has 1 N–H and O–H groups in total. The Bertz CT molecular complexity index is 976. The van der Waals surface area contributed by atoms with Crippen LogP contribution < -0.4 is 5.32 Å².